The van der Waals surface area contributed by atoms with Gasteiger partial charge in [0.1, 0.15) is 11.5 Å². The minimum Gasteiger partial charge on any atom is -0.508 e. The van der Waals surface area contributed by atoms with Crippen LogP contribution < -0.4 is 9.64 Å². The van der Waals surface area contributed by atoms with Crippen LogP contribution >= 0.6 is 11.6 Å². The van der Waals surface area contributed by atoms with Crippen LogP contribution in [0.5, 0.6) is 11.5 Å². The number of hydrogen-bond acceptors (Lipinski definition) is 4. The second kappa shape index (κ2) is 10.1. The second-order valence-corrected chi connectivity index (χ2v) is 8.46. The van der Waals surface area contributed by atoms with E-state index >= 15 is 0 Å². The molecule has 0 spiro atoms. The molecule has 0 atom stereocenters. The number of hydrogen-bond donors (Lipinski definition) is 1. The van der Waals surface area contributed by atoms with E-state index < -0.39 is 0 Å². The average molecular weight is 451 g/mol. The summed E-state index contributed by atoms with van der Waals surface area (Å²) < 4.78 is 5.40. The summed E-state index contributed by atoms with van der Waals surface area (Å²) in [5.74, 6) is 0.973. The third kappa shape index (κ3) is 5.06. The van der Waals surface area contributed by atoms with E-state index in [4.69, 9.17) is 16.3 Å². The van der Waals surface area contributed by atoms with E-state index in [9.17, 15) is 9.90 Å². The van der Waals surface area contributed by atoms with Gasteiger partial charge < -0.3 is 14.7 Å². The van der Waals surface area contributed by atoms with Crippen LogP contribution in [0.2, 0.25) is 5.02 Å². The largest absolute Gasteiger partial charge is 0.508 e. The number of nitrogens with zero attached hydrogens (tertiary/aromatic N) is 2. The highest BCUT2D eigenvalue weighted by Crippen LogP contribution is 2.30. The molecule has 1 N–H and O–H groups in total. The van der Waals surface area contributed by atoms with Gasteiger partial charge in [-0.3, -0.25) is 9.69 Å². The highest BCUT2D eigenvalue weighted by molar-refractivity contribution is 6.30. The van der Waals surface area contributed by atoms with Crippen molar-refractivity contribution in [3.05, 3.63) is 88.9 Å². The number of carbonyl (C=O) groups is 1. The van der Waals surface area contributed by atoms with Crippen LogP contribution in [-0.2, 0) is 6.54 Å². The maximum absolute atomic E-state index is 13.5. The zero-order chi connectivity index (χ0) is 22.5. The molecule has 4 rings (SSSR count). The highest BCUT2D eigenvalue weighted by Gasteiger charge is 2.30. The molecule has 0 aliphatic carbocycles. The van der Waals surface area contributed by atoms with Crippen molar-refractivity contribution in [1.29, 1.82) is 0 Å². The quantitative estimate of drug-likeness (QED) is 0.548. The third-order valence-electron chi connectivity index (χ3n) is 5.93. The summed E-state index contributed by atoms with van der Waals surface area (Å²) in [6.45, 7) is 2.27. The van der Waals surface area contributed by atoms with Crippen LogP contribution in [-0.4, -0.2) is 42.2 Å². The fraction of sp³-hybridized carbons (Fsp3) is 0.269. The van der Waals surface area contributed by atoms with Crippen LogP contribution in [0.3, 0.4) is 0 Å². The molecule has 1 aliphatic heterocycles. The molecule has 0 bridgehead atoms. The van der Waals surface area contributed by atoms with Crippen molar-refractivity contribution >= 4 is 23.2 Å². The Bertz CT molecular complexity index is 1070. The molecule has 166 valence electrons. The van der Waals surface area contributed by atoms with Crippen molar-refractivity contribution < 1.29 is 14.6 Å². The molecule has 6 heteroatoms. The van der Waals surface area contributed by atoms with Gasteiger partial charge in [-0.1, -0.05) is 35.9 Å². The van der Waals surface area contributed by atoms with Gasteiger partial charge in [-0.2, -0.15) is 0 Å². The van der Waals surface area contributed by atoms with Crippen molar-refractivity contribution in [3.63, 3.8) is 0 Å². The van der Waals surface area contributed by atoms with Gasteiger partial charge in [0.05, 0.1) is 7.11 Å². The third-order valence-corrected chi connectivity index (χ3v) is 6.16. The molecule has 1 saturated heterocycles. The Kier molecular flexibility index (Phi) is 6.98. The maximum Gasteiger partial charge on any atom is 0.258 e. The lowest BCUT2D eigenvalue weighted by Crippen LogP contribution is -2.47. The first-order valence-electron chi connectivity index (χ1n) is 10.8. The molecule has 5 nitrogen and oxygen atoms in total. The number of amides is 1. The lowest BCUT2D eigenvalue weighted by Gasteiger charge is -2.39. The summed E-state index contributed by atoms with van der Waals surface area (Å²) in [6, 6.07) is 22.3. The Labute approximate surface area is 193 Å². The van der Waals surface area contributed by atoms with Crippen molar-refractivity contribution in [2.75, 3.05) is 25.1 Å². The number of phenolic OH excluding ortho intramolecular Hbond substituents is 1. The van der Waals surface area contributed by atoms with Crippen LogP contribution in [0, 0.1) is 0 Å². The molecule has 1 heterocycles. The van der Waals surface area contributed by atoms with E-state index in [2.05, 4.69) is 4.90 Å². The number of phenols is 1. The molecule has 0 radical (unpaired) electrons. The lowest BCUT2D eigenvalue weighted by molar-refractivity contribution is 0.0958. The topological polar surface area (TPSA) is 53.0 Å². The van der Waals surface area contributed by atoms with Crippen molar-refractivity contribution in [2.45, 2.75) is 25.4 Å². The first-order chi connectivity index (χ1) is 15.5. The molecule has 0 aromatic heterocycles. The number of ether oxygens (including phenoxy) is 1. The summed E-state index contributed by atoms with van der Waals surface area (Å²) in [5.41, 5.74) is 2.33. The fourth-order valence-electron chi connectivity index (χ4n) is 4.23. The predicted molar refractivity (Wildman–Crippen MR) is 128 cm³/mol. The van der Waals surface area contributed by atoms with E-state index in [0.29, 0.717) is 17.1 Å². The summed E-state index contributed by atoms with van der Waals surface area (Å²) in [7, 11) is 1.63. The number of piperidine rings is 1. The van der Waals surface area contributed by atoms with Gasteiger partial charge in [-0.05, 0) is 55.3 Å². The number of rotatable bonds is 6. The van der Waals surface area contributed by atoms with Gasteiger partial charge >= 0.3 is 0 Å². The maximum atomic E-state index is 13.5. The molecule has 1 amide bonds. The van der Waals surface area contributed by atoms with Crippen molar-refractivity contribution in [2.24, 2.45) is 0 Å². The van der Waals surface area contributed by atoms with Gasteiger partial charge in [0.2, 0.25) is 0 Å². The van der Waals surface area contributed by atoms with E-state index in [1.54, 1.807) is 19.2 Å². The molecule has 3 aromatic carbocycles. The minimum atomic E-state index is -0.00945. The average Bonchev–Trinajstić information content (AvgIpc) is 2.83. The number of aromatic hydroxyl groups is 1. The van der Waals surface area contributed by atoms with Crippen LogP contribution in [0.4, 0.5) is 5.69 Å². The Hall–Kier alpha value is -3.02. The number of carbonyl (C=O) groups excluding carboxylic acids is 1. The van der Waals surface area contributed by atoms with Crippen LogP contribution in [0.25, 0.3) is 0 Å². The molecule has 1 fully saturated rings. The molecular formula is C26H27ClN2O3. The number of halogens is 1. The fourth-order valence-corrected chi connectivity index (χ4v) is 4.43. The first kappa shape index (κ1) is 22.2. The summed E-state index contributed by atoms with van der Waals surface area (Å²) in [6.07, 6.45) is 1.66. The zero-order valence-corrected chi connectivity index (χ0v) is 18.8. The summed E-state index contributed by atoms with van der Waals surface area (Å²) >= 11 is 6.10. The van der Waals surface area contributed by atoms with E-state index in [-0.39, 0.29) is 17.7 Å². The van der Waals surface area contributed by atoms with Crippen LogP contribution in [0.15, 0.2) is 72.8 Å². The highest BCUT2D eigenvalue weighted by atomic mass is 35.5. The SMILES string of the molecule is COc1cccc(N(C(=O)c2ccccc2)C2CCN(Cc3cc(Cl)ccc3O)CC2)c1. The number of benzene rings is 3. The summed E-state index contributed by atoms with van der Waals surface area (Å²) in [4.78, 5) is 17.7. The Morgan fingerprint density at radius 3 is 2.53 bits per heavy atom. The zero-order valence-electron chi connectivity index (χ0n) is 18.1. The second-order valence-electron chi connectivity index (χ2n) is 8.02. The molecule has 32 heavy (non-hydrogen) atoms. The van der Waals surface area contributed by atoms with Gasteiger partial charge in [-0.15, -0.1) is 0 Å². The lowest BCUT2D eigenvalue weighted by atomic mass is 10.00. The number of anilines is 1. The molecule has 3 aromatic rings. The van der Waals surface area contributed by atoms with Gasteiger partial charge in [0, 0.05) is 53.6 Å². The van der Waals surface area contributed by atoms with Gasteiger partial charge in [-0.25, -0.2) is 0 Å². The van der Waals surface area contributed by atoms with Gasteiger partial charge in [0.25, 0.3) is 5.91 Å². The predicted octanol–water partition coefficient (Wildman–Crippen LogP) is 5.37. The van der Waals surface area contributed by atoms with Crippen LogP contribution in [0.1, 0.15) is 28.8 Å². The number of methoxy groups -OCH3 is 1. The molecule has 1 aliphatic rings. The number of likely N-dealkylation sites (tertiary alicyclic amines) is 1. The molecule has 0 saturated carbocycles. The van der Waals surface area contributed by atoms with Crippen molar-refractivity contribution in [3.8, 4) is 11.5 Å². The first-order valence-corrected chi connectivity index (χ1v) is 11.2. The Morgan fingerprint density at radius 1 is 1.06 bits per heavy atom. The normalized spacial score (nSPS) is 14.8. The van der Waals surface area contributed by atoms with Crippen molar-refractivity contribution in [1.82, 2.24) is 4.90 Å². The minimum absolute atomic E-state index is 0.00945. The smallest absolute Gasteiger partial charge is 0.258 e. The summed E-state index contributed by atoms with van der Waals surface area (Å²) in [5, 5.41) is 10.8. The Balaban J connectivity index is 1.53. The Morgan fingerprint density at radius 2 is 1.81 bits per heavy atom. The standard InChI is InChI=1S/C26H27ClN2O3/c1-32-24-9-5-8-23(17-24)29(26(31)19-6-3-2-4-7-19)22-12-14-28(15-13-22)18-20-16-21(27)10-11-25(20)30/h2-11,16-17,22,30H,12-15,18H2,1H3. The molecule has 0 unspecified atom stereocenters. The van der Waals surface area contributed by atoms with E-state index in [1.165, 1.54) is 0 Å². The van der Waals surface area contributed by atoms with E-state index in [1.807, 2.05) is 65.6 Å². The monoisotopic (exact) mass is 450 g/mol. The van der Waals surface area contributed by atoms with Gasteiger partial charge in [0.15, 0.2) is 0 Å². The van der Waals surface area contributed by atoms with E-state index in [0.717, 1.165) is 42.9 Å². The molecular weight excluding hydrogens is 424 g/mol.